The number of carbonyl (C=O) groups is 1. The van der Waals surface area contributed by atoms with Crippen molar-refractivity contribution in [3.05, 3.63) is 124 Å². The van der Waals surface area contributed by atoms with E-state index in [0.717, 1.165) is 16.7 Å². The van der Waals surface area contributed by atoms with E-state index in [1.54, 1.807) is 30.6 Å². The number of aryl methyl sites for hydroxylation is 2. The van der Waals surface area contributed by atoms with Crippen LogP contribution in [0.2, 0.25) is 5.02 Å². The van der Waals surface area contributed by atoms with Crippen LogP contribution in [0.1, 0.15) is 54.6 Å². The second-order valence-electron chi connectivity index (χ2n) is 10.3. The minimum absolute atomic E-state index is 0.217. The number of thiazole rings is 1. The van der Waals surface area contributed by atoms with Crippen molar-refractivity contribution in [3.8, 4) is 11.5 Å². The summed E-state index contributed by atoms with van der Waals surface area (Å²) in [6, 6.07) is 18.8. The van der Waals surface area contributed by atoms with Crippen LogP contribution in [-0.4, -0.2) is 23.8 Å². The summed E-state index contributed by atoms with van der Waals surface area (Å²) in [5, 5.41) is 0.370. The van der Waals surface area contributed by atoms with Crippen molar-refractivity contribution in [3.63, 3.8) is 0 Å². The number of hydrogen-bond acceptors (Lipinski definition) is 7. The lowest BCUT2D eigenvalue weighted by Gasteiger charge is -2.24. The summed E-state index contributed by atoms with van der Waals surface area (Å²) in [4.78, 5) is 32.2. The highest BCUT2D eigenvalue weighted by Crippen LogP contribution is 2.37. The first-order valence-corrected chi connectivity index (χ1v) is 15.3. The van der Waals surface area contributed by atoms with Crippen molar-refractivity contribution in [1.29, 1.82) is 0 Å². The highest BCUT2D eigenvalue weighted by molar-refractivity contribution is 7.07. The number of allylic oxidation sites excluding steroid dienone is 1. The molecule has 222 valence electrons. The van der Waals surface area contributed by atoms with Gasteiger partial charge in [-0.2, -0.15) is 0 Å². The van der Waals surface area contributed by atoms with Crippen LogP contribution in [0.4, 0.5) is 0 Å². The molecule has 3 aromatic carbocycles. The van der Waals surface area contributed by atoms with E-state index in [9.17, 15) is 9.59 Å². The van der Waals surface area contributed by atoms with Gasteiger partial charge in [0.05, 0.1) is 40.1 Å². The molecule has 5 rings (SSSR count). The molecule has 0 saturated carbocycles. The third-order valence-corrected chi connectivity index (χ3v) is 8.31. The Labute approximate surface area is 259 Å². The number of aromatic nitrogens is 1. The number of halogens is 1. The molecule has 43 heavy (non-hydrogen) atoms. The Morgan fingerprint density at radius 1 is 0.977 bits per heavy atom. The zero-order chi connectivity index (χ0) is 30.7. The third kappa shape index (κ3) is 6.45. The van der Waals surface area contributed by atoms with Crippen molar-refractivity contribution in [1.82, 2.24) is 4.57 Å². The molecule has 0 spiro atoms. The maximum absolute atomic E-state index is 14.0. The molecule has 0 fully saturated rings. The van der Waals surface area contributed by atoms with E-state index in [1.165, 1.54) is 16.9 Å². The van der Waals surface area contributed by atoms with Gasteiger partial charge in [0.2, 0.25) is 0 Å². The molecule has 1 aromatic heterocycles. The van der Waals surface area contributed by atoms with Gasteiger partial charge in [-0.1, -0.05) is 82.6 Å². The number of carbonyl (C=O) groups excluding carboxylic acids is 1. The van der Waals surface area contributed by atoms with E-state index >= 15 is 0 Å². The van der Waals surface area contributed by atoms with Crippen LogP contribution in [0, 0.1) is 13.8 Å². The van der Waals surface area contributed by atoms with E-state index in [1.807, 2.05) is 75.4 Å². The largest absolute Gasteiger partial charge is 0.490 e. The van der Waals surface area contributed by atoms with E-state index in [0.29, 0.717) is 55.9 Å². The summed E-state index contributed by atoms with van der Waals surface area (Å²) in [5.41, 5.74) is 5.33. The molecule has 0 unspecified atom stereocenters. The van der Waals surface area contributed by atoms with E-state index in [4.69, 9.17) is 25.8 Å². The van der Waals surface area contributed by atoms with Crippen LogP contribution < -0.4 is 24.4 Å². The van der Waals surface area contributed by atoms with Gasteiger partial charge < -0.3 is 14.2 Å². The van der Waals surface area contributed by atoms with Crippen molar-refractivity contribution in [2.24, 2.45) is 4.99 Å². The van der Waals surface area contributed by atoms with Crippen molar-refractivity contribution < 1.29 is 19.0 Å². The molecular weight excluding hydrogens is 584 g/mol. The fraction of sp³-hybridized carbons (Fsp3) is 0.265. The van der Waals surface area contributed by atoms with Gasteiger partial charge in [0.15, 0.2) is 16.3 Å². The number of rotatable bonds is 9. The Morgan fingerprint density at radius 2 is 1.65 bits per heavy atom. The lowest BCUT2D eigenvalue weighted by molar-refractivity contribution is -0.139. The summed E-state index contributed by atoms with van der Waals surface area (Å²) in [5.74, 6) is 0.439. The SMILES string of the molecule is CCOC(=O)C1=C(C)N=c2s/c(=C/c3cc(Cl)c(OCc4ccc(C)cc4)c(OCC)c3)c(=O)n2[C@@H]1c1ccc(C)cc1. The standard InChI is InChI=1S/C34H33ClN2O5S/c1-6-40-27-17-24(16-26(35)31(27)42-19-23-12-8-20(3)9-13-23)18-28-32(38)37-30(25-14-10-21(4)11-15-25)29(33(39)41-7-2)22(5)36-34(37)43-28/h8-18,30H,6-7,19H2,1-5H3/b28-18+/t30-/m1/s1. The Kier molecular flexibility index (Phi) is 9.18. The minimum Gasteiger partial charge on any atom is -0.490 e. The Morgan fingerprint density at radius 3 is 2.30 bits per heavy atom. The quantitative estimate of drug-likeness (QED) is 0.214. The van der Waals surface area contributed by atoms with Crippen LogP contribution in [0.15, 0.2) is 81.7 Å². The molecule has 0 amide bonds. The summed E-state index contributed by atoms with van der Waals surface area (Å²) < 4.78 is 19.4. The second-order valence-corrected chi connectivity index (χ2v) is 11.7. The van der Waals surface area contributed by atoms with Crippen molar-refractivity contribution in [2.75, 3.05) is 13.2 Å². The molecule has 4 aromatic rings. The highest BCUT2D eigenvalue weighted by atomic mass is 35.5. The Balaban J connectivity index is 1.58. The second kappa shape index (κ2) is 13.0. The topological polar surface area (TPSA) is 79.1 Å². The van der Waals surface area contributed by atoms with Crippen LogP contribution >= 0.6 is 22.9 Å². The summed E-state index contributed by atoms with van der Waals surface area (Å²) in [6.07, 6.45) is 1.76. The van der Waals surface area contributed by atoms with Gasteiger partial charge in [-0.15, -0.1) is 0 Å². The van der Waals surface area contributed by atoms with Gasteiger partial charge in [-0.3, -0.25) is 9.36 Å². The molecule has 0 aliphatic carbocycles. The maximum atomic E-state index is 14.0. The van der Waals surface area contributed by atoms with Gasteiger partial charge >= 0.3 is 5.97 Å². The molecule has 0 saturated heterocycles. The summed E-state index contributed by atoms with van der Waals surface area (Å²) >= 11 is 7.96. The molecule has 0 radical (unpaired) electrons. The lowest BCUT2D eigenvalue weighted by Crippen LogP contribution is -2.39. The number of nitrogens with zero attached hydrogens (tertiary/aromatic N) is 2. The van der Waals surface area contributed by atoms with Gasteiger partial charge in [0.1, 0.15) is 6.61 Å². The zero-order valence-electron chi connectivity index (χ0n) is 24.8. The average molecular weight is 617 g/mol. The van der Waals surface area contributed by atoms with Gasteiger partial charge in [-0.25, -0.2) is 9.79 Å². The first-order chi connectivity index (χ1) is 20.7. The minimum atomic E-state index is -0.668. The Bertz CT molecular complexity index is 1870. The number of hydrogen-bond donors (Lipinski definition) is 0. The number of esters is 1. The monoisotopic (exact) mass is 616 g/mol. The Hall–Kier alpha value is -4.14. The summed E-state index contributed by atoms with van der Waals surface area (Å²) in [7, 11) is 0. The molecule has 0 bridgehead atoms. The number of ether oxygens (including phenoxy) is 3. The molecular formula is C34H33ClN2O5S. The number of benzene rings is 3. The van der Waals surface area contributed by atoms with Crippen LogP contribution in [-0.2, 0) is 16.1 Å². The predicted molar refractivity (Wildman–Crippen MR) is 170 cm³/mol. The lowest BCUT2D eigenvalue weighted by atomic mass is 9.95. The van der Waals surface area contributed by atoms with Crippen LogP contribution in [0.25, 0.3) is 6.08 Å². The van der Waals surface area contributed by atoms with Crippen LogP contribution in [0.3, 0.4) is 0 Å². The zero-order valence-corrected chi connectivity index (χ0v) is 26.3. The average Bonchev–Trinajstić information content (AvgIpc) is 3.27. The smallest absolute Gasteiger partial charge is 0.338 e. The molecule has 1 atom stereocenters. The fourth-order valence-electron chi connectivity index (χ4n) is 4.92. The molecule has 1 aliphatic heterocycles. The normalized spacial score (nSPS) is 14.7. The highest BCUT2D eigenvalue weighted by Gasteiger charge is 2.33. The molecule has 0 N–H and O–H groups in total. The molecule has 7 nitrogen and oxygen atoms in total. The van der Waals surface area contributed by atoms with Crippen molar-refractivity contribution >= 4 is 35.0 Å². The van der Waals surface area contributed by atoms with E-state index < -0.39 is 12.0 Å². The summed E-state index contributed by atoms with van der Waals surface area (Å²) in [6.45, 7) is 10.4. The fourth-order valence-corrected chi connectivity index (χ4v) is 6.24. The first-order valence-electron chi connectivity index (χ1n) is 14.1. The van der Waals surface area contributed by atoms with Crippen molar-refractivity contribution in [2.45, 2.75) is 47.3 Å². The van der Waals surface area contributed by atoms with Gasteiger partial charge in [0.25, 0.3) is 5.56 Å². The molecule has 2 heterocycles. The predicted octanol–water partition coefficient (Wildman–Crippen LogP) is 6.05. The number of fused-ring (bicyclic) bond motifs is 1. The first kappa shape index (κ1) is 30.3. The van der Waals surface area contributed by atoms with Crippen LogP contribution in [0.5, 0.6) is 11.5 Å². The van der Waals surface area contributed by atoms with E-state index in [-0.39, 0.29) is 12.2 Å². The van der Waals surface area contributed by atoms with Gasteiger partial charge in [0, 0.05) is 0 Å². The third-order valence-electron chi connectivity index (χ3n) is 7.04. The van der Waals surface area contributed by atoms with Gasteiger partial charge in [-0.05, 0) is 69.5 Å². The molecule has 9 heteroatoms. The maximum Gasteiger partial charge on any atom is 0.338 e. The molecule has 1 aliphatic rings. The van der Waals surface area contributed by atoms with E-state index in [2.05, 4.69) is 4.99 Å².